The highest BCUT2D eigenvalue weighted by atomic mass is 16.5. The van der Waals surface area contributed by atoms with Crippen LogP contribution in [0.2, 0.25) is 0 Å². The molecule has 3 aromatic rings. The van der Waals surface area contributed by atoms with Gasteiger partial charge in [0.2, 0.25) is 0 Å². The summed E-state index contributed by atoms with van der Waals surface area (Å²) < 4.78 is 7.72. The lowest BCUT2D eigenvalue weighted by Crippen LogP contribution is -2.39. The molecule has 7 nitrogen and oxygen atoms in total. The molecule has 2 heterocycles. The fourth-order valence-corrected chi connectivity index (χ4v) is 4.05. The topological polar surface area (TPSA) is 66.7 Å². The summed E-state index contributed by atoms with van der Waals surface area (Å²) in [6.07, 6.45) is 0. The maximum atomic E-state index is 5.47. The SMILES string of the molecule is CN=C(NCCn1c(C)nc2ccccc21)NCc1ccccc1CN1CCOCC1. The van der Waals surface area contributed by atoms with Crippen LogP contribution in [-0.2, 0) is 24.4 Å². The van der Waals surface area contributed by atoms with Crippen molar-refractivity contribution in [1.29, 1.82) is 0 Å². The summed E-state index contributed by atoms with van der Waals surface area (Å²) >= 11 is 0. The maximum Gasteiger partial charge on any atom is 0.191 e. The average molecular weight is 421 g/mol. The van der Waals surface area contributed by atoms with Crippen molar-refractivity contribution in [3.05, 3.63) is 65.5 Å². The number of nitrogens with zero attached hydrogens (tertiary/aromatic N) is 4. The zero-order valence-corrected chi connectivity index (χ0v) is 18.5. The lowest BCUT2D eigenvalue weighted by molar-refractivity contribution is 0.0341. The highest BCUT2D eigenvalue weighted by Crippen LogP contribution is 2.15. The number of fused-ring (bicyclic) bond motifs is 1. The van der Waals surface area contributed by atoms with Gasteiger partial charge in [-0.2, -0.15) is 0 Å². The number of benzene rings is 2. The zero-order chi connectivity index (χ0) is 21.5. The van der Waals surface area contributed by atoms with Crippen molar-refractivity contribution in [2.75, 3.05) is 39.9 Å². The van der Waals surface area contributed by atoms with Crippen LogP contribution in [0.1, 0.15) is 17.0 Å². The second kappa shape index (κ2) is 10.4. The van der Waals surface area contributed by atoms with E-state index >= 15 is 0 Å². The number of hydrogen-bond acceptors (Lipinski definition) is 4. The summed E-state index contributed by atoms with van der Waals surface area (Å²) in [5, 5.41) is 6.90. The van der Waals surface area contributed by atoms with Gasteiger partial charge in [0, 0.05) is 46.3 Å². The van der Waals surface area contributed by atoms with Gasteiger partial charge >= 0.3 is 0 Å². The molecular weight excluding hydrogens is 388 g/mol. The number of guanidine groups is 1. The summed E-state index contributed by atoms with van der Waals surface area (Å²) in [6, 6.07) is 16.9. The van der Waals surface area contributed by atoms with Gasteiger partial charge in [-0.3, -0.25) is 9.89 Å². The minimum atomic E-state index is 0.743. The molecule has 1 aliphatic heterocycles. The van der Waals surface area contributed by atoms with Crippen molar-refractivity contribution in [2.45, 2.75) is 26.6 Å². The van der Waals surface area contributed by atoms with Crippen molar-refractivity contribution in [3.63, 3.8) is 0 Å². The largest absolute Gasteiger partial charge is 0.379 e. The minimum absolute atomic E-state index is 0.743. The molecule has 7 heteroatoms. The molecule has 0 aliphatic carbocycles. The van der Waals surface area contributed by atoms with Crippen molar-refractivity contribution in [3.8, 4) is 0 Å². The molecule has 0 amide bonds. The van der Waals surface area contributed by atoms with E-state index in [1.807, 2.05) is 13.1 Å². The first kappa shape index (κ1) is 21.3. The first-order valence-corrected chi connectivity index (χ1v) is 11.0. The van der Waals surface area contributed by atoms with E-state index in [1.54, 1.807) is 0 Å². The summed E-state index contributed by atoms with van der Waals surface area (Å²) in [5.41, 5.74) is 4.86. The molecule has 164 valence electrons. The van der Waals surface area contributed by atoms with E-state index in [0.29, 0.717) is 0 Å². The number of aryl methyl sites for hydroxylation is 1. The predicted octanol–water partition coefficient (Wildman–Crippen LogP) is 2.54. The Morgan fingerprint density at radius 1 is 1.03 bits per heavy atom. The van der Waals surface area contributed by atoms with Crippen LogP contribution in [0.3, 0.4) is 0 Å². The van der Waals surface area contributed by atoms with Gasteiger partial charge in [0.15, 0.2) is 5.96 Å². The van der Waals surface area contributed by atoms with Gasteiger partial charge in [0.05, 0.1) is 24.2 Å². The van der Waals surface area contributed by atoms with Crippen molar-refractivity contribution >= 4 is 17.0 Å². The monoisotopic (exact) mass is 420 g/mol. The molecule has 1 saturated heterocycles. The number of rotatable bonds is 7. The van der Waals surface area contributed by atoms with Crippen LogP contribution in [-0.4, -0.2) is 60.3 Å². The number of hydrogen-bond donors (Lipinski definition) is 2. The third-order valence-electron chi connectivity index (χ3n) is 5.76. The van der Waals surface area contributed by atoms with E-state index < -0.39 is 0 Å². The Morgan fingerprint density at radius 2 is 1.77 bits per heavy atom. The molecule has 0 spiro atoms. The van der Waals surface area contributed by atoms with Crippen molar-refractivity contribution < 1.29 is 4.74 Å². The number of nitrogens with one attached hydrogen (secondary N) is 2. The standard InChI is InChI=1S/C24H32N6O/c1-19-28-22-9-5-6-10-23(22)30(19)12-11-26-24(25-2)27-17-20-7-3-4-8-21(20)18-29-13-15-31-16-14-29/h3-10H,11-18H2,1-2H3,(H2,25,26,27). The van der Waals surface area contributed by atoms with Crippen LogP contribution < -0.4 is 10.6 Å². The fourth-order valence-electron chi connectivity index (χ4n) is 4.05. The first-order chi connectivity index (χ1) is 15.2. The van der Waals surface area contributed by atoms with Crippen LogP contribution in [0.5, 0.6) is 0 Å². The Kier molecular flexibility index (Phi) is 7.17. The van der Waals surface area contributed by atoms with Crippen LogP contribution in [0.15, 0.2) is 53.5 Å². The first-order valence-electron chi connectivity index (χ1n) is 11.0. The molecule has 31 heavy (non-hydrogen) atoms. The Bertz CT molecular complexity index is 1020. The number of aromatic nitrogens is 2. The summed E-state index contributed by atoms with van der Waals surface area (Å²) in [6.45, 7) is 8.99. The quantitative estimate of drug-likeness (QED) is 0.454. The van der Waals surface area contributed by atoms with Gasteiger partial charge in [0.25, 0.3) is 0 Å². The van der Waals surface area contributed by atoms with E-state index in [-0.39, 0.29) is 0 Å². The van der Waals surface area contributed by atoms with Crippen molar-refractivity contribution in [1.82, 2.24) is 25.1 Å². The smallest absolute Gasteiger partial charge is 0.191 e. The number of ether oxygens (including phenoxy) is 1. The Balaban J connectivity index is 1.31. The summed E-state index contributed by atoms with van der Waals surface area (Å²) in [5.74, 6) is 1.84. The van der Waals surface area contributed by atoms with Gasteiger partial charge < -0.3 is 19.9 Å². The van der Waals surface area contributed by atoms with E-state index in [2.05, 4.69) is 79.5 Å². The van der Waals surface area contributed by atoms with E-state index in [4.69, 9.17) is 4.74 Å². The highest BCUT2D eigenvalue weighted by molar-refractivity contribution is 5.79. The molecule has 4 rings (SSSR count). The second-order valence-electron chi connectivity index (χ2n) is 7.81. The van der Waals surface area contributed by atoms with Crippen LogP contribution in [0, 0.1) is 6.92 Å². The minimum Gasteiger partial charge on any atom is -0.379 e. The molecule has 0 radical (unpaired) electrons. The second-order valence-corrected chi connectivity index (χ2v) is 7.81. The lowest BCUT2D eigenvalue weighted by Gasteiger charge is -2.27. The van der Waals surface area contributed by atoms with Gasteiger partial charge in [-0.1, -0.05) is 36.4 Å². The Hall–Kier alpha value is -2.90. The molecule has 1 fully saturated rings. The van der Waals surface area contributed by atoms with Crippen LogP contribution in [0.25, 0.3) is 11.0 Å². The van der Waals surface area contributed by atoms with E-state index in [9.17, 15) is 0 Å². The summed E-state index contributed by atoms with van der Waals surface area (Å²) in [4.78, 5) is 11.5. The van der Waals surface area contributed by atoms with Gasteiger partial charge in [-0.15, -0.1) is 0 Å². The molecule has 1 aromatic heterocycles. The number of morpholine rings is 1. The van der Waals surface area contributed by atoms with E-state index in [1.165, 1.54) is 16.6 Å². The predicted molar refractivity (Wildman–Crippen MR) is 125 cm³/mol. The molecule has 1 aliphatic rings. The Labute approximate surface area is 184 Å². The molecular formula is C24H32N6O. The van der Waals surface area contributed by atoms with E-state index in [0.717, 1.165) is 69.8 Å². The highest BCUT2D eigenvalue weighted by Gasteiger charge is 2.13. The number of para-hydroxylation sites is 2. The molecule has 0 atom stereocenters. The summed E-state index contributed by atoms with van der Waals surface area (Å²) in [7, 11) is 1.81. The Morgan fingerprint density at radius 3 is 2.58 bits per heavy atom. The van der Waals surface area contributed by atoms with Gasteiger partial charge in [-0.25, -0.2) is 4.98 Å². The zero-order valence-electron chi connectivity index (χ0n) is 18.5. The van der Waals surface area contributed by atoms with Crippen molar-refractivity contribution in [2.24, 2.45) is 4.99 Å². The van der Waals surface area contributed by atoms with Gasteiger partial charge in [0.1, 0.15) is 5.82 Å². The van der Waals surface area contributed by atoms with Crippen LogP contribution >= 0.6 is 0 Å². The van der Waals surface area contributed by atoms with Crippen LogP contribution in [0.4, 0.5) is 0 Å². The number of imidazole rings is 1. The third-order valence-corrected chi connectivity index (χ3v) is 5.76. The third kappa shape index (κ3) is 5.42. The molecule has 0 bridgehead atoms. The maximum absolute atomic E-state index is 5.47. The number of aliphatic imine (C=N–C) groups is 1. The molecule has 0 unspecified atom stereocenters. The fraction of sp³-hybridized carbons (Fsp3) is 0.417. The molecule has 0 saturated carbocycles. The lowest BCUT2D eigenvalue weighted by atomic mass is 10.1. The molecule has 2 aromatic carbocycles. The van der Waals surface area contributed by atoms with Gasteiger partial charge in [-0.05, 0) is 30.2 Å². The average Bonchev–Trinajstić information content (AvgIpc) is 3.12. The normalized spacial score (nSPS) is 15.4. The molecule has 2 N–H and O–H groups in total.